The van der Waals surface area contributed by atoms with Gasteiger partial charge in [0.2, 0.25) is 0 Å². The number of hydrogen-bond acceptors (Lipinski definition) is 2. The van der Waals surface area contributed by atoms with Gasteiger partial charge in [0.05, 0.1) is 0 Å². The topological polar surface area (TPSA) is 39.7 Å². The molecule has 0 radical (unpaired) electrons. The van der Waals surface area contributed by atoms with Crippen LogP contribution >= 0.6 is 24.0 Å². The molecule has 0 atom stereocenters. The van der Waals surface area contributed by atoms with Gasteiger partial charge in [0.1, 0.15) is 0 Å². The van der Waals surface area contributed by atoms with Gasteiger partial charge in [-0.05, 0) is 44.7 Å². The van der Waals surface area contributed by atoms with Crippen molar-refractivity contribution < 1.29 is 0 Å². The molecule has 5 heteroatoms. The summed E-state index contributed by atoms with van der Waals surface area (Å²) in [4.78, 5) is 6.74. The molecule has 0 aromatic heterocycles. The summed E-state index contributed by atoms with van der Waals surface area (Å²) in [5.74, 6) is 1.86. The normalized spacial score (nSPS) is 23.4. The second-order valence-corrected chi connectivity index (χ2v) is 5.63. The van der Waals surface area contributed by atoms with E-state index in [9.17, 15) is 0 Å². The molecule has 1 fully saturated rings. The summed E-state index contributed by atoms with van der Waals surface area (Å²) in [7, 11) is 1.86. The fourth-order valence-corrected chi connectivity index (χ4v) is 2.66. The van der Waals surface area contributed by atoms with Crippen molar-refractivity contribution in [1.82, 2.24) is 15.5 Å². The number of guanidine groups is 1. The molecule has 0 heterocycles. The van der Waals surface area contributed by atoms with E-state index in [2.05, 4.69) is 41.3 Å². The van der Waals surface area contributed by atoms with Gasteiger partial charge >= 0.3 is 0 Å². The Hall–Kier alpha value is -0.0400. The first-order valence-corrected chi connectivity index (χ1v) is 7.89. The molecule has 0 saturated heterocycles. The van der Waals surface area contributed by atoms with Gasteiger partial charge in [0, 0.05) is 26.2 Å². The molecule has 0 unspecified atom stereocenters. The minimum Gasteiger partial charge on any atom is -0.355 e. The highest BCUT2D eigenvalue weighted by Gasteiger charge is 2.18. The van der Waals surface area contributed by atoms with Gasteiger partial charge in [-0.15, -0.1) is 24.0 Å². The fraction of sp³-hybridized carbons (Fsp3) is 0.933. The van der Waals surface area contributed by atoms with Crippen molar-refractivity contribution in [2.45, 2.75) is 52.5 Å². The maximum Gasteiger partial charge on any atom is 0.191 e. The van der Waals surface area contributed by atoms with Gasteiger partial charge in [-0.25, -0.2) is 0 Å². The third-order valence-electron chi connectivity index (χ3n) is 4.20. The maximum atomic E-state index is 4.33. The smallest absolute Gasteiger partial charge is 0.191 e. The molecule has 0 aromatic rings. The Morgan fingerprint density at radius 2 is 1.75 bits per heavy atom. The van der Waals surface area contributed by atoms with E-state index in [4.69, 9.17) is 0 Å². The zero-order chi connectivity index (χ0) is 14.1. The average molecular weight is 396 g/mol. The van der Waals surface area contributed by atoms with E-state index in [0.717, 1.165) is 38.1 Å². The Morgan fingerprint density at radius 3 is 2.25 bits per heavy atom. The maximum absolute atomic E-state index is 4.33. The Kier molecular flexibility index (Phi) is 11.6. The number of nitrogens with one attached hydrogen (secondary N) is 2. The number of aliphatic imine (C=N–C) groups is 1. The van der Waals surface area contributed by atoms with Crippen LogP contribution in [0.25, 0.3) is 0 Å². The van der Waals surface area contributed by atoms with Crippen LogP contribution in [-0.2, 0) is 0 Å². The van der Waals surface area contributed by atoms with E-state index in [0.29, 0.717) is 6.04 Å². The lowest BCUT2D eigenvalue weighted by Crippen LogP contribution is -2.46. The van der Waals surface area contributed by atoms with Crippen LogP contribution in [0.5, 0.6) is 0 Å². The van der Waals surface area contributed by atoms with Crippen LogP contribution in [0.3, 0.4) is 0 Å². The van der Waals surface area contributed by atoms with Gasteiger partial charge in [-0.2, -0.15) is 0 Å². The molecule has 1 aliphatic carbocycles. The number of halogens is 1. The van der Waals surface area contributed by atoms with Crippen LogP contribution in [0, 0.1) is 5.92 Å². The number of rotatable bonds is 6. The third kappa shape index (κ3) is 7.67. The highest BCUT2D eigenvalue weighted by molar-refractivity contribution is 14.0. The highest BCUT2D eigenvalue weighted by atomic mass is 127. The molecule has 20 heavy (non-hydrogen) atoms. The second-order valence-electron chi connectivity index (χ2n) is 5.63. The first kappa shape index (κ1) is 20.0. The molecule has 1 aliphatic rings. The molecule has 0 aliphatic heterocycles. The number of likely N-dealkylation sites (N-methyl/N-ethyl adjacent to an activating group) is 1. The summed E-state index contributed by atoms with van der Waals surface area (Å²) in [5.41, 5.74) is 0. The lowest BCUT2D eigenvalue weighted by atomic mass is 9.87. The minimum absolute atomic E-state index is 0. The largest absolute Gasteiger partial charge is 0.355 e. The molecule has 0 aromatic carbocycles. The van der Waals surface area contributed by atoms with Crippen LogP contribution in [0.1, 0.15) is 46.5 Å². The Bertz CT molecular complexity index is 259. The fourth-order valence-electron chi connectivity index (χ4n) is 2.66. The molecular weight excluding hydrogens is 363 g/mol. The predicted molar refractivity (Wildman–Crippen MR) is 99.1 cm³/mol. The lowest BCUT2D eigenvalue weighted by molar-refractivity contribution is 0.306. The van der Waals surface area contributed by atoms with Crippen LogP contribution in [0.4, 0.5) is 0 Å². The zero-order valence-electron chi connectivity index (χ0n) is 13.6. The Balaban J connectivity index is 0.00000361. The van der Waals surface area contributed by atoms with E-state index < -0.39 is 0 Å². The molecule has 1 rings (SSSR count). The third-order valence-corrected chi connectivity index (χ3v) is 4.20. The summed E-state index contributed by atoms with van der Waals surface area (Å²) in [6, 6.07) is 0.607. The Labute approximate surface area is 142 Å². The average Bonchev–Trinajstić information content (AvgIpc) is 2.44. The molecule has 0 bridgehead atoms. The van der Waals surface area contributed by atoms with Gasteiger partial charge in [-0.3, -0.25) is 4.99 Å². The van der Waals surface area contributed by atoms with Crippen molar-refractivity contribution in [1.29, 1.82) is 0 Å². The van der Waals surface area contributed by atoms with Gasteiger partial charge in [-0.1, -0.05) is 20.8 Å². The van der Waals surface area contributed by atoms with Crippen molar-refractivity contribution in [3.05, 3.63) is 0 Å². The highest BCUT2D eigenvalue weighted by Crippen LogP contribution is 2.23. The Morgan fingerprint density at radius 1 is 1.15 bits per heavy atom. The van der Waals surface area contributed by atoms with Crippen molar-refractivity contribution in [3.8, 4) is 0 Å². The molecule has 2 N–H and O–H groups in total. The molecule has 4 nitrogen and oxygen atoms in total. The summed E-state index contributed by atoms with van der Waals surface area (Å²) in [6.45, 7) is 11.0. The SMILES string of the molecule is CCN(CC)CCNC(=NC)NC1CCC(C)CC1.I. The van der Waals surface area contributed by atoms with E-state index in [1.54, 1.807) is 0 Å². The molecule has 0 spiro atoms. The first-order valence-electron chi connectivity index (χ1n) is 7.89. The van der Waals surface area contributed by atoms with Gasteiger partial charge in [0.25, 0.3) is 0 Å². The van der Waals surface area contributed by atoms with E-state index in [1.165, 1.54) is 25.7 Å². The van der Waals surface area contributed by atoms with Crippen LogP contribution in [0.2, 0.25) is 0 Å². The monoisotopic (exact) mass is 396 g/mol. The van der Waals surface area contributed by atoms with Crippen molar-refractivity contribution in [2.24, 2.45) is 10.9 Å². The minimum atomic E-state index is 0. The second kappa shape index (κ2) is 11.6. The van der Waals surface area contributed by atoms with Crippen LogP contribution in [0.15, 0.2) is 4.99 Å². The summed E-state index contributed by atoms with van der Waals surface area (Å²) in [5, 5.41) is 6.98. The lowest BCUT2D eigenvalue weighted by Gasteiger charge is -2.28. The quantitative estimate of drug-likeness (QED) is 0.412. The van der Waals surface area contributed by atoms with E-state index in [1.807, 2.05) is 7.05 Å². The van der Waals surface area contributed by atoms with Gasteiger partial charge < -0.3 is 15.5 Å². The summed E-state index contributed by atoms with van der Waals surface area (Å²) >= 11 is 0. The van der Waals surface area contributed by atoms with Crippen molar-refractivity contribution >= 4 is 29.9 Å². The molecular formula is C15H33IN4. The van der Waals surface area contributed by atoms with E-state index in [-0.39, 0.29) is 24.0 Å². The molecule has 1 saturated carbocycles. The van der Waals surface area contributed by atoms with Crippen molar-refractivity contribution in [2.75, 3.05) is 33.2 Å². The molecule has 0 amide bonds. The zero-order valence-corrected chi connectivity index (χ0v) is 15.9. The van der Waals surface area contributed by atoms with Crippen LogP contribution < -0.4 is 10.6 Å². The van der Waals surface area contributed by atoms with Crippen LogP contribution in [-0.4, -0.2) is 50.1 Å². The predicted octanol–water partition coefficient (Wildman–Crippen LogP) is 2.69. The standard InChI is InChI=1S/C15H32N4.HI/c1-5-19(6-2)12-11-17-15(16-4)18-14-9-7-13(3)8-10-14;/h13-14H,5-12H2,1-4H3,(H2,16,17,18);1H. The molecule has 120 valence electrons. The summed E-state index contributed by atoms with van der Waals surface area (Å²) < 4.78 is 0. The van der Waals surface area contributed by atoms with E-state index >= 15 is 0 Å². The van der Waals surface area contributed by atoms with Crippen molar-refractivity contribution in [3.63, 3.8) is 0 Å². The number of nitrogens with zero attached hydrogens (tertiary/aromatic N) is 2. The first-order chi connectivity index (χ1) is 9.19. The number of hydrogen-bond donors (Lipinski definition) is 2. The summed E-state index contributed by atoms with van der Waals surface area (Å²) in [6.07, 6.45) is 5.23. The van der Waals surface area contributed by atoms with Gasteiger partial charge in [0.15, 0.2) is 5.96 Å².